The van der Waals surface area contributed by atoms with Gasteiger partial charge in [-0.25, -0.2) is 4.98 Å². The lowest BCUT2D eigenvalue weighted by molar-refractivity contribution is 0.514. The minimum atomic E-state index is 0.0913. The quantitative estimate of drug-likeness (QED) is 0.856. The van der Waals surface area contributed by atoms with E-state index >= 15 is 0 Å². The van der Waals surface area contributed by atoms with Gasteiger partial charge in [-0.3, -0.25) is 4.68 Å². The number of hydrogen-bond acceptors (Lipinski definition) is 3. The first-order valence-electron chi connectivity index (χ1n) is 6.77. The molecule has 0 bridgehead atoms. The number of imidazole rings is 1. The molecule has 0 aliphatic carbocycles. The molecule has 0 saturated carbocycles. The van der Waals surface area contributed by atoms with Gasteiger partial charge in [0.25, 0.3) is 0 Å². The Balaban J connectivity index is 1.88. The smallest absolute Gasteiger partial charge is 0.203 e. The van der Waals surface area contributed by atoms with E-state index in [-0.39, 0.29) is 5.41 Å². The van der Waals surface area contributed by atoms with Gasteiger partial charge in [-0.2, -0.15) is 5.10 Å². The molecule has 3 heterocycles. The zero-order chi connectivity index (χ0) is 13.6. The van der Waals surface area contributed by atoms with Crippen molar-refractivity contribution < 1.29 is 0 Å². The molecule has 2 aromatic heterocycles. The van der Waals surface area contributed by atoms with Crippen molar-refractivity contribution in [2.45, 2.75) is 45.2 Å². The van der Waals surface area contributed by atoms with Crippen molar-refractivity contribution in [1.82, 2.24) is 19.3 Å². The molecule has 2 aromatic rings. The molecule has 0 aromatic carbocycles. The molecule has 0 spiro atoms. The molecule has 5 nitrogen and oxygen atoms in total. The Morgan fingerprint density at radius 1 is 1.37 bits per heavy atom. The van der Waals surface area contributed by atoms with Crippen molar-refractivity contribution in [2.24, 2.45) is 7.05 Å². The van der Waals surface area contributed by atoms with Crippen LogP contribution in [0.5, 0.6) is 0 Å². The SMILES string of the molecule is Cn1nccc1C1CCn2cc(C(C)(C)C)nc2N1. The predicted octanol–water partition coefficient (Wildman–Crippen LogP) is 2.47. The van der Waals surface area contributed by atoms with E-state index in [9.17, 15) is 0 Å². The standard InChI is InChI=1S/C14H21N5/c1-14(2,3)12-9-19-8-6-10(16-13(19)17-12)11-5-7-15-18(11)4/h5,7,9-10H,6,8H2,1-4H3,(H,16,17). The molecular weight excluding hydrogens is 238 g/mol. The number of nitrogens with zero attached hydrogens (tertiary/aromatic N) is 4. The van der Waals surface area contributed by atoms with Gasteiger partial charge in [0.1, 0.15) is 0 Å². The van der Waals surface area contributed by atoms with Crippen LogP contribution in [0.25, 0.3) is 0 Å². The zero-order valence-corrected chi connectivity index (χ0v) is 12.0. The topological polar surface area (TPSA) is 47.7 Å². The van der Waals surface area contributed by atoms with Crippen molar-refractivity contribution in [1.29, 1.82) is 0 Å². The van der Waals surface area contributed by atoms with Gasteiger partial charge in [-0.1, -0.05) is 20.8 Å². The zero-order valence-electron chi connectivity index (χ0n) is 12.0. The number of aryl methyl sites for hydroxylation is 2. The molecule has 1 unspecified atom stereocenters. The van der Waals surface area contributed by atoms with Gasteiger partial charge < -0.3 is 9.88 Å². The summed E-state index contributed by atoms with van der Waals surface area (Å²) < 4.78 is 4.15. The van der Waals surface area contributed by atoms with Crippen LogP contribution in [0.1, 0.15) is 44.6 Å². The Labute approximate surface area is 113 Å². The average molecular weight is 259 g/mol. The first kappa shape index (κ1) is 12.3. The summed E-state index contributed by atoms with van der Waals surface area (Å²) in [5.41, 5.74) is 2.45. The third-order valence-electron chi connectivity index (χ3n) is 3.72. The lowest BCUT2D eigenvalue weighted by Gasteiger charge is -2.25. The van der Waals surface area contributed by atoms with Gasteiger partial charge in [-0.15, -0.1) is 0 Å². The molecule has 3 rings (SSSR count). The van der Waals surface area contributed by atoms with Gasteiger partial charge in [0.2, 0.25) is 5.95 Å². The number of nitrogens with one attached hydrogen (secondary N) is 1. The van der Waals surface area contributed by atoms with Crippen LogP contribution >= 0.6 is 0 Å². The van der Waals surface area contributed by atoms with Gasteiger partial charge in [0.15, 0.2) is 0 Å². The summed E-state index contributed by atoms with van der Waals surface area (Å²) in [5.74, 6) is 0.974. The molecule has 1 N–H and O–H groups in total. The molecule has 5 heteroatoms. The molecule has 0 radical (unpaired) electrons. The van der Waals surface area contributed by atoms with Crippen molar-refractivity contribution in [3.05, 3.63) is 29.8 Å². The monoisotopic (exact) mass is 259 g/mol. The maximum absolute atomic E-state index is 4.73. The second-order valence-corrected chi connectivity index (χ2v) is 6.26. The van der Waals surface area contributed by atoms with Crippen LogP contribution in [-0.4, -0.2) is 19.3 Å². The third-order valence-corrected chi connectivity index (χ3v) is 3.72. The molecule has 0 fully saturated rings. The molecular formula is C14H21N5. The van der Waals surface area contributed by atoms with E-state index in [0.29, 0.717) is 6.04 Å². The van der Waals surface area contributed by atoms with E-state index in [1.165, 1.54) is 5.69 Å². The Hall–Kier alpha value is -1.78. The van der Waals surface area contributed by atoms with Crippen LogP contribution in [0, 0.1) is 0 Å². The van der Waals surface area contributed by atoms with E-state index in [1.807, 2.05) is 17.9 Å². The summed E-state index contributed by atoms with van der Waals surface area (Å²) in [5, 5.41) is 7.77. The fraction of sp³-hybridized carbons (Fsp3) is 0.571. The van der Waals surface area contributed by atoms with Crippen LogP contribution in [0.2, 0.25) is 0 Å². The summed E-state index contributed by atoms with van der Waals surface area (Å²) in [4.78, 5) is 4.73. The van der Waals surface area contributed by atoms with Crippen molar-refractivity contribution in [3.63, 3.8) is 0 Å². The van der Waals surface area contributed by atoms with Crippen LogP contribution in [-0.2, 0) is 19.0 Å². The van der Waals surface area contributed by atoms with Crippen molar-refractivity contribution >= 4 is 5.95 Å². The second kappa shape index (κ2) is 4.11. The molecule has 1 atom stereocenters. The normalized spacial score (nSPS) is 19.1. The van der Waals surface area contributed by atoms with E-state index in [0.717, 1.165) is 24.6 Å². The van der Waals surface area contributed by atoms with Gasteiger partial charge >= 0.3 is 0 Å². The minimum absolute atomic E-state index is 0.0913. The average Bonchev–Trinajstić information content (AvgIpc) is 2.92. The first-order chi connectivity index (χ1) is 8.95. The Kier molecular flexibility index (Phi) is 2.66. The van der Waals surface area contributed by atoms with Gasteiger partial charge in [-0.05, 0) is 12.5 Å². The minimum Gasteiger partial charge on any atom is -0.347 e. The van der Waals surface area contributed by atoms with E-state index < -0.39 is 0 Å². The van der Waals surface area contributed by atoms with Crippen LogP contribution in [0.4, 0.5) is 5.95 Å². The van der Waals surface area contributed by atoms with E-state index in [2.05, 4.69) is 48.0 Å². The summed E-state index contributed by atoms with van der Waals surface area (Å²) >= 11 is 0. The molecule has 0 saturated heterocycles. The molecule has 1 aliphatic rings. The molecule has 1 aliphatic heterocycles. The lowest BCUT2D eigenvalue weighted by atomic mass is 9.93. The summed E-state index contributed by atoms with van der Waals surface area (Å²) in [6.45, 7) is 7.58. The summed E-state index contributed by atoms with van der Waals surface area (Å²) in [7, 11) is 1.98. The Bertz CT molecular complexity index is 587. The highest BCUT2D eigenvalue weighted by molar-refractivity contribution is 5.36. The number of aromatic nitrogens is 4. The number of rotatable bonds is 1. The van der Waals surface area contributed by atoms with Crippen molar-refractivity contribution in [3.8, 4) is 0 Å². The number of fused-ring (bicyclic) bond motifs is 1. The van der Waals surface area contributed by atoms with Crippen LogP contribution in [0.15, 0.2) is 18.5 Å². The molecule has 102 valence electrons. The van der Waals surface area contributed by atoms with E-state index in [4.69, 9.17) is 4.98 Å². The number of hydrogen-bond donors (Lipinski definition) is 1. The van der Waals surface area contributed by atoms with Crippen LogP contribution in [0.3, 0.4) is 0 Å². The van der Waals surface area contributed by atoms with Crippen LogP contribution < -0.4 is 5.32 Å². The predicted molar refractivity (Wildman–Crippen MR) is 75.1 cm³/mol. The summed E-state index contributed by atoms with van der Waals surface area (Å²) in [6, 6.07) is 2.37. The number of anilines is 1. The first-order valence-corrected chi connectivity index (χ1v) is 6.77. The maximum atomic E-state index is 4.73. The highest BCUT2D eigenvalue weighted by Gasteiger charge is 2.26. The highest BCUT2D eigenvalue weighted by Crippen LogP contribution is 2.30. The molecule has 0 amide bonds. The van der Waals surface area contributed by atoms with Gasteiger partial charge in [0.05, 0.1) is 17.4 Å². The third kappa shape index (κ3) is 2.13. The van der Waals surface area contributed by atoms with Gasteiger partial charge in [0, 0.05) is 31.4 Å². The Morgan fingerprint density at radius 2 is 2.16 bits per heavy atom. The van der Waals surface area contributed by atoms with E-state index in [1.54, 1.807) is 0 Å². The second-order valence-electron chi connectivity index (χ2n) is 6.26. The molecule has 19 heavy (non-hydrogen) atoms. The fourth-order valence-electron chi connectivity index (χ4n) is 2.51. The lowest BCUT2D eigenvalue weighted by Crippen LogP contribution is -2.23. The van der Waals surface area contributed by atoms with Crippen molar-refractivity contribution in [2.75, 3.05) is 5.32 Å². The Morgan fingerprint density at radius 3 is 2.79 bits per heavy atom. The summed E-state index contributed by atoms with van der Waals surface area (Å²) in [6.07, 6.45) is 5.08. The largest absolute Gasteiger partial charge is 0.347 e. The fourth-order valence-corrected chi connectivity index (χ4v) is 2.51. The maximum Gasteiger partial charge on any atom is 0.203 e. The highest BCUT2D eigenvalue weighted by atomic mass is 15.3.